The van der Waals surface area contributed by atoms with E-state index in [0.29, 0.717) is 16.7 Å². The van der Waals surface area contributed by atoms with Crippen LogP contribution in [-0.4, -0.2) is 9.55 Å². The van der Waals surface area contributed by atoms with Gasteiger partial charge in [-0.05, 0) is 37.0 Å². The molecule has 0 radical (unpaired) electrons. The van der Waals surface area contributed by atoms with Crippen LogP contribution < -0.4 is 5.73 Å². The Kier molecular flexibility index (Phi) is 3.34. The predicted molar refractivity (Wildman–Crippen MR) is 75.8 cm³/mol. The maximum atomic E-state index is 13.4. The molecule has 1 saturated carbocycles. The summed E-state index contributed by atoms with van der Waals surface area (Å²) >= 11 is 0. The quantitative estimate of drug-likeness (QED) is 0.793. The molecule has 1 fully saturated rings. The van der Waals surface area contributed by atoms with Crippen molar-refractivity contribution < 1.29 is 13.2 Å². The lowest BCUT2D eigenvalue weighted by Gasteiger charge is -2.31. The van der Waals surface area contributed by atoms with Crippen LogP contribution in [0.2, 0.25) is 0 Å². The van der Waals surface area contributed by atoms with E-state index in [2.05, 4.69) is 4.98 Å². The number of aromatic nitrogens is 2. The zero-order chi connectivity index (χ0) is 15.2. The van der Waals surface area contributed by atoms with E-state index >= 15 is 0 Å². The zero-order valence-corrected chi connectivity index (χ0v) is 11.8. The van der Waals surface area contributed by atoms with Crippen LogP contribution in [0, 0.1) is 5.92 Å². The first-order valence-electron chi connectivity index (χ1n) is 7.22. The van der Waals surface area contributed by atoms with Crippen molar-refractivity contribution in [3.63, 3.8) is 0 Å². The number of halogens is 3. The number of hydrogen-bond donors (Lipinski definition) is 1. The van der Waals surface area contributed by atoms with E-state index in [0.717, 1.165) is 25.7 Å². The monoisotopic (exact) mass is 297 g/mol. The number of hydrogen-bond acceptors (Lipinski definition) is 2. The number of imidazole rings is 1. The van der Waals surface area contributed by atoms with Gasteiger partial charge in [0.05, 0.1) is 11.0 Å². The fourth-order valence-corrected chi connectivity index (χ4v) is 3.33. The Bertz CT molecular complexity index is 660. The Hall–Kier alpha value is -1.72. The van der Waals surface area contributed by atoms with Gasteiger partial charge in [0.2, 0.25) is 5.82 Å². The van der Waals surface area contributed by atoms with Crippen LogP contribution >= 0.6 is 0 Å². The van der Waals surface area contributed by atoms with Crippen LogP contribution in [0.1, 0.15) is 44.5 Å². The van der Waals surface area contributed by atoms with Crippen molar-refractivity contribution in [2.75, 3.05) is 5.73 Å². The number of anilines is 1. The summed E-state index contributed by atoms with van der Waals surface area (Å²) in [6.07, 6.45) is -0.693. The van der Waals surface area contributed by atoms with Crippen LogP contribution in [0.4, 0.5) is 18.9 Å². The lowest BCUT2D eigenvalue weighted by atomic mass is 9.85. The summed E-state index contributed by atoms with van der Waals surface area (Å²) in [4.78, 5) is 3.81. The first-order valence-corrected chi connectivity index (χ1v) is 7.22. The fourth-order valence-electron chi connectivity index (χ4n) is 3.33. The minimum atomic E-state index is -4.45. The van der Waals surface area contributed by atoms with E-state index in [1.807, 2.05) is 6.92 Å². The van der Waals surface area contributed by atoms with Gasteiger partial charge in [0.25, 0.3) is 0 Å². The van der Waals surface area contributed by atoms with Crippen molar-refractivity contribution in [3.05, 3.63) is 24.0 Å². The average Bonchev–Trinajstić information content (AvgIpc) is 2.77. The minimum absolute atomic E-state index is 0.149. The average molecular weight is 297 g/mol. The second kappa shape index (κ2) is 4.93. The van der Waals surface area contributed by atoms with Crippen LogP contribution in [0.5, 0.6) is 0 Å². The molecule has 2 unspecified atom stereocenters. The Morgan fingerprint density at radius 2 is 1.95 bits per heavy atom. The van der Waals surface area contributed by atoms with Crippen molar-refractivity contribution in [3.8, 4) is 0 Å². The van der Waals surface area contributed by atoms with Gasteiger partial charge < -0.3 is 10.3 Å². The summed E-state index contributed by atoms with van der Waals surface area (Å²) in [5, 5.41) is 0. The second-order valence-electron chi connectivity index (χ2n) is 5.88. The fraction of sp³-hybridized carbons (Fsp3) is 0.533. The highest BCUT2D eigenvalue weighted by atomic mass is 19.4. The SMILES string of the molecule is CC1CCCCC1n1c(C(F)(F)F)nc2cc(N)ccc21. The van der Waals surface area contributed by atoms with Crippen molar-refractivity contribution >= 4 is 16.7 Å². The van der Waals surface area contributed by atoms with E-state index in [4.69, 9.17) is 5.73 Å². The molecule has 0 bridgehead atoms. The molecule has 114 valence electrons. The van der Waals surface area contributed by atoms with Gasteiger partial charge in [0.15, 0.2) is 0 Å². The van der Waals surface area contributed by atoms with E-state index < -0.39 is 12.0 Å². The minimum Gasteiger partial charge on any atom is -0.399 e. The van der Waals surface area contributed by atoms with Crippen molar-refractivity contribution in [2.45, 2.75) is 44.8 Å². The smallest absolute Gasteiger partial charge is 0.399 e. The lowest BCUT2D eigenvalue weighted by Crippen LogP contribution is -2.25. The molecule has 3 rings (SSSR count). The Morgan fingerprint density at radius 3 is 2.62 bits per heavy atom. The van der Waals surface area contributed by atoms with E-state index in [1.54, 1.807) is 12.1 Å². The molecule has 21 heavy (non-hydrogen) atoms. The Labute approximate surface area is 121 Å². The maximum Gasteiger partial charge on any atom is 0.449 e. The lowest BCUT2D eigenvalue weighted by molar-refractivity contribution is -0.148. The summed E-state index contributed by atoms with van der Waals surface area (Å²) in [5.74, 6) is -0.586. The number of rotatable bonds is 1. The topological polar surface area (TPSA) is 43.8 Å². The molecule has 2 aromatic rings. The summed E-state index contributed by atoms with van der Waals surface area (Å²) < 4.78 is 41.5. The number of nitrogens with two attached hydrogens (primary N) is 1. The van der Waals surface area contributed by atoms with E-state index in [1.165, 1.54) is 10.6 Å². The molecule has 3 nitrogen and oxygen atoms in total. The van der Waals surface area contributed by atoms with E-state index in [9.17, 15) is 13.2 Å². The third-order valence-electron chi connectivity index (χ3n) is 4.36. The largest absolute Gasteiger partial charge is 0.449 e. The summed E-state index contributed by atoms with van der Waals surface area (Å²) in [6.45, 7) is 2.02. The van der Waals surface area contributed by atoms with Gasteiger partial charge in [-0.3, -0.25) is 0 Å². The Morgan fingerprint density at radius 1 is 1.24 bits per heavy atom. The van der Waals surface area contributed by atoms with Crippen LogP contribution in [0.15, 0.2) is 18.2 Å². The van der Waals surface area contributed by atoms with Crippen molar-refractivity contribution in [1.82, 2.24) is 9.55 Å². The molecule has 0 amide bonds. The molecule has 0 spiro atoms. The standard InChI is InChI=1S/C15H18F3N3/c1-9-4-2-3-5-12(9)21-13-7-6-10(19)8-11(13)20-14(21)15(16,17)18/h6-9,12H,2-5,19H2,1H3. The second-order valence-corrected chi connectivity index (χ2v) is 5.88. The highest BCUT2D eigenvalue weighted by Gasteiger charge is 2.40. The van der Waals surface area contributed by atoms with Gasteiger partial charge in [0.1, 0.15) is 0 Å². The third-order valence-corrected chi connectivity index (χ3v) is 4.36. The molecule has 0 saturated heterocycles. The number of alkyl halides is 3. The maximum absolute atomic E-state index is 13.4. The number of nitrogen functional groups attached to an aromatic ring is 1. The van der Waals surface area contributed by atoms with Crippen molar-refractivity contribution in [1.29, 1.82) is 0 Å². The third kappa shape index (κ3) is 2.47. The zero-order valence-electron chi connectivity index (χ0n) is 11.8. The van der Waals surface area contributed by atoms with Crippen LogP contribution in [0.25, 0.3) is 11.0 Å². The van der Waals surface area contributed by atoms with Gasteiger partial charge in [-0.15, -0.1) is 0 Å². The van der Waals surface area contributed by atoms with Gasteiger partial charge in [-0.25, -0.2) is 4.98 Å². The number of benzene rings is 1. The first-order chi connectivity index (χ1) is 9.88. The molecule has 1 aliphatic carbocycles. The highest BCUT2D eigenvalue weighted by molar-refractivity contribution is 5.80. The summed E-state index contributed by atoms with van der Waals surface area (Å²) in [7, 11) is 0. The van der Waals surface area contributed by atoms with Crippen LogP contribution in [0.3, 0.4) is 0 Å². The predicted octanol–water partition coefficient (Wildman–Crippen LogP) is 4.39. The molecular formula is C15H18F3N3. The molecule has 1 aromatic carbocycles. The summed E-state index contributed by atoms with van der Waals surface area (Å²) in [5.41, 5.74) is 6.94. The molecular weight excluding hydrogens is 279 g/mol. The molecule has 2 atom stereocenters. The molecule has 1 heterocycles. The van der Waals surface area contributed by atoms with Gasteiger partial charge in [0, 0.05) is 11.7 Å². The molecule has 1 aromatic heterocycles. The van der Waals surface area contributed by atoms with Crippen molar-refractivity contribution in [2.24, 2.45) is 5.92 Å². The number of fused-ring (bicyclic) bond motifs is 1. The molecule has 6 heteroatoms. The summed E-state index contributed by atoms with van der Waals surface area (Å²) in [6, 6.07) is 4.64. The van der Waals surface area contributed by atoms with Gasteiger partial charge in [-0.2, -0.15) is 13.2 Å². The normalized spacial score (nSPS) is 23.6. The Balaban J connectivity index is 2.22. The highest BCUT2D eigenvalue weighted by Crippen LogP contribution is 2.41. The molecule has 1 aliphatic rings. The molecule has 0 aliphatic heterocycles. The van der Waals surface area contributed by atoms with Gasteiger partial charge in [-0.1, -0.05) is 19.8 Å². The number of nitrogens with zero attached hydrogens (tertiary/aromatic N) is 2. The van der Waals surface area contributed by atoms with Gasteiger partial charge >= 0.3 is 6.18 Å². The van der Waals surface area contributed by atoms with Crippen LogP contribution in [-0.2, 0) is 6.18 Å². The first kappa shape index (κ1) is 14.2. The van der Waals surface area contributed by atoms with E-state index in [-0.39, 0.29) is 12.0 Å². The molecule has 2 N–H and O–H groups in total.